The fourth-order valence-electron chi connectivity index (χ4n) is 3.81. The van der Waals surface area contributed by atoms with Gasteiger partial charge in [-0.25, -0.2) is 9.37 Å². The first-order valence-electron chi connectivity index (χ1n) is 10.7. The number of hydrogen-bond acceptors (Lipinski definition) is 6. The molecule has 5 aromatic rings. The van der Waals surface area contributed by atoms with E-state index in [1.165, 1.54) is 30.6 Å². The fraction of sp³-hybridized carbons (Fsp3) is 0.0741. The highest BCUT2D eigenvalue weighted by molar-refractivity contribution is 7.14. The molecule has 0 radical (unpaired) electrons. The van der Waals surface area contributed by atoms with Crippen LogP contribution < -0.4 is 15.5 Å². The molecule has 1 amide bonds. The maximum Gasteiger partial charge on any atom is 0.261 e. The third-order valence-electron chi connectivity index (χ3n) is 5.60. The molecule has 1 N–H and O–H groups in total. The van der Waals surface area contributed by atoms with Crippen molar-refractivity contribution < 1.29 is 18.3 Å². The summed E-state index contributed by atoms with van der Waals surface area (Å²) in [6, 6.07) is 18.7. The number of aromatic nitrogens is 1. The number of carbonyl (C=O) groups is 1. The average Bonchev–Trinajstić information content (AvgIpc) is 3.34. The molecule has 2 heterocycles. The predicted molar refractivity (Wildman–Crippen MR) is 135 cm³/mol. The van der Waals surface area contributed by atoms with Gasteiger partial charge in [-0.05, 0) is 37.3 Å². The molecule has 6 nitrogen and oxygen atoms in total. The maximum atomic E-state index is 14.1. The van der Waals surface area contributed by atoms with Crippen LogP contribution in [0.15, 0.2) is 81.3 Å². The number of rotatable bonds is 5. The summed E-state index contributed by atoms with van der Waals surface area (Å²) >= 11 is 1.21. The number of thiazole rings is 1. The number of fused-ring (bicyclic) bond motifs is 1. The second-order valence-corrected chi connectivity index (χ2v) is 8.63. The largest absolute Gasteiger partial charge is 0.494 e. The summed E-state index contributed by atoms with van der Waals surface area (Å²) in [5.74, 6) is -0.413. The Morgan fingerprint density at radius 2 is 1.86 bits per heavy atom. The molecule has 35 heavy (non-hydrogen) atoms. The molecule has 5 rings (SSSR count). The lowest BCUT2D eigenvalue weighted by Gasteiger charge is -2.10. The van der Waals surface area contributed by atoms with Crippen LogP contribution in [0.2, 0.25) is 0 Å². The monoisotopic (exact) mass is 486 g/mol. The Bertz CT molecular complexity index is 1630. The van der Waals surface area contributed by atoms with Gasteiger partial charge in [0.25, 0.3) is 5.91 Å². The van der Waals surface area contributed by atoms with Crippen molar-refractivity contribution in [3.63, 3.8) is 0 Å². The Morgan fingerprint density at radius 1 is 1.06 bits per heavy atom. The Morgan fingerprint density at radius 3 is 2.60 bits per heavy atom. The van der Waals surface area contributed by atoms with Gasteiger partial charge in [0.05, 0.1) is 23.8 Å². The van der Waals surface area contributed by atoms with Crippen LogP contribution in [0.4, 0.5) is 9.52 Å². The molecule has 0 aliphatic rings. The van der Waals surface area contributed by atoms with Crippen LogP contribution in [0.25, 0.3) is 33.6 Å². The highest BCUT2D eigenvalue weighted by Crippen LogP contribution is 2.30. The molecule has 3 aromatic carbocycles. The maximum absolute atomic E-state index is 14.1. The Labute approximate surface area is 203 Å². The second kappa shape index (κ2) is 9.15. The van der Waals surface area contributed by atoms with E-state index in [1.807, 2.05) is 30.3 Å². The van der Waals surface area contributed by atoms with Crippen LogP contribution in [-0.4, -0.2) is 18.0 Å². The van der Waals surface area contributed by atoms with Gasteiger partial charge in [-0.15, -0.1) is 11.3 Å². The average molecular weight is 487 g/mol. The molecule has 0 aliphatic heterocycles. The minimum Gasteiger partial charge on any atom is -0.494 e. The molecule has 0 unspecified atom stereocenters. The molecule has 8 heteroatoms. The van der Waals surface area contributed by atoms with Crippen LogP contribution in [0.3, 0.4) is 0 Å². The minimum absolute atomic E-state index is 0.139. The first-order valence-corrected chi connectivity index (χ1v) is 11.6. The molecule has 174 valence electrons. The molecule has 0 saturated heterocycles. The van der Waals surface area contributed by atoms with E-state index < -0.39 is 11.7 Å². The van der Waals surface area contributed by atoms with E-state index in [0.29, 0.717) is 33.1 Å². The number of anilines is 1. The molecule has 0 saturated carbocycles. The van der Waals surface area contributed by atoms with Gasteiger partial charge in [0.15, 0.2) is 27.7 Å². The number of halogens is 1. The van der Waals surface area contributed by atoms with Gasteiger partial charge < -0.3 is 9.15 Å². The lowest BCUT2D eigenvalue weighted by molar-refractivity contribution is 0.102. The van der Waals surface area contributed by atoms with Crippen molar-refractivity contribution in [3.05, 3.63) is 99.3 Å². The molecule has 0 aliphatic carbocycles. The zero-order valence-corrected chi connectivity index (χ0v) is 19.6. The van der Waals surface area contributed by atoms with Crippen LogP contribution in [0.1, 0.15) is 15.9 Å². The number of methoxy groups -OCH3 is 1. The minimum atomic E-state index is -0.501. The van der Waals surface area contributed by atoms with Crippen LogP contribution >= 0.6 is 11.3 Å². The quantitative estimate of drug-likeness (QED) is 0.316. The SMILES string of the molecule is COc1ccc(-c2csc(NC(=O)c3cccc4c(=O)c(C)c(-c5ccccc5)oc34)n2)cc1F. The molecular formula is C27H19FN2O4S. The van der Waals surface area contributed by atoms with Crippen molar-refractivity contribution in [2.45, 2.75) is 6.92 Å². The van der Waals surface area contributed by atoms with E-state index in [0.717, 1.165) is 5.56 Å². The fourth-order valence-corrected chi connectivity index (χ4v) is 4.52. The van der Waals surface area contributed by atoms with Crippen molar-refractivity contribution in [2.24, 2.45) is 0 Å². The van der Waals surface area contributed by atoms with Crippen molar-refractivity contribution in [1.29, 1.82) is 0 Å². The number of para-hydroxylation sites is 1. The summed E-state index contributed by atoms with van der Waals surface area (Å²) < 4.78 is 25.2. The molecule has 0 spiro atoms. The lowest BCUT2D eigenvalue weighted by atomic mass is 10.0. The topological polar surface area (TPSA) is 81.4 Å². The highest BCUT2D eigenvalue weighted by Gasteiger charge is 2.19. The van der Waals surface area contributed by atoms with Crippen molar-refractivity contribution in [3.8, 4) is 28.3 Å². The van der Waals surface area contributed by atoms with Gasteiger partial charge in [0.1, 0.15) is 5.76 Å². The second-order valence-electron chi connectivity index (χ2n) is 7.77. The lowest BCUT2D eigenvalue weighted by Crippen LogP contribution is -2.14. The van der Waals surface area contributed by atoms with E-state index in [9.17, 15) is 14.0 Å². The first kappa shape index (κ1) is 22.5. The summed E-state index contributed by atoms with van der Waals surface area (Å²) in [5.41, 5.74) is 2.50. The third-order valence-corrected chi connectivity index (χ3v) is 6.36. The smallest absolute Gasteiger partial charge is 0.261 e. The molecule has 2 aromatic heterocycles. The third kappa shape index (κ3) is 4.20. The normalized spacial score (nSPS) is 10.9. The van der Waals surface area contributed by atoms with Crippen molar-refractivity contribution in [2.75, 3.05) is 12.4 Å². The summed E-state index contributed by atoms with van der Waals surface area (Å²) in [6.07, 6.45) is 0. The van der Waals surface area contributed by atoms with E-state index in [2.05, 4.69) is 10.3 Å². The van der Waals surface area contributed by atoms with E-state index in [4.69, 9.17) is 9.15 Å². The Kier molecular flexibility index (Phi) is 5.88. The number of ether oxygens (including phenoxy) is 1. The van der Waals surface area contributed by atoms with Gasteiger partial charge in [-0.1, -0.05) is 36.4 Å². The number of carbonyl (C=O) groups excluding carboxylic acids is 1. The van der Waals surface area contributed by atoms with Gasteiger partial charge in [0.2, 0.25) is 0 Å². The molecule has 0 bridgehead atoms. The predicted octanol–water partition coefficient (Wildman–Crippen LogP) is 6.29. The number of nitrogens with zero attached hydrogens (tertiary/aromatic N) is 1. The zero-order valence-electron chi connectivity index (χ0n) is 18.8. The summed E-state index contributed by atoms with van der Waals surface area (Å²) in [5, 5.41) is 5.13. The van der Waals surface area contributed by atoms with Crippen molar-refractivity contribution in [1.82, 2.24) is 4.98 Å². The van der Waals surface area contributed by atoms with Gasteiger partial charge >= 0.3 is 0 Å². The summed E-state index contributed by atoms with van der Waals surface area (Å²) in [7, 11) is 1.40. The molecular weight excluding hydrogens is 467 g/mol. The Balaban J connectivity index is 1.50. The number of nitrogens with one attached hydrogen (secondary N) is 1. The van der Waals surface area contributed by atoms with E-state index in [-0.39, 0.29) is 22.3 Å². The number of amides is 1. The van der Waals surface area contributed by atoms with Gasteiger partial charge in [-0.2, -0.15) is 0 Å². The van der Waals surface area contributed by atoms with Crippen molar-refractivity contribution >= 4 is 33.3 Å². The molecule has 0 atom stereocenters. The highest BCUT2D eigenvalue weighted by atomic mass is 32.1. The zero-order chi connectivity index (χ0) is 24.5. The van der Waals surface area contributed by atoms with Crippen LogP contribution in [0, 0.1) is 12.7 Å². The van der Waals surface area contributed by atoms with Gasteiger partial charge in [0, 0.05) is 22.1 Å². The van der Waals surface area contributed by atoms with E-state index in [1.54, 1.807) is 36.6 Å². The summed E-state index contributed by atoms with van der Waals surface area (Å²) in [6.45, 7) is 1.71. The summed E-state index contributed by atoms with van der Waals surface area (Å²) in [4.78, 5) is 30.6. The number of benzene rings is 3. The number of hydrogen-bond donors (Lipinski definition) is 1. The van der Waals surface area contributed by atoms with Crippen LogP contribution in [-0.2, 0) is 0 Å². The van der Waals surface area contributed by atoms with Crippen LogP contribution in [0.5, 0.6) is 5.75 Å². The first-order chi connectivity index (χ1) is 17.0. The van der Waals surface area contributed by atoms with Gasteiger partial charge in [-0.3, -0.25) is 14.9 Å². The molecule has 0 fully saturated rings. The standard InChI is InChI=1S/C27H19FN2O4S/c1-15-23(31)18-9-6-10-19(25(18)34-24(15)16-7-4-3-5-8-16)26(32)30-27-29-21(14-35-27)17-11-12-22(33-2)20(28)13-17/h3-14H,1-2H3,(H,29,30,32). The van der Waals surface area contributed by atoms with E-state index >= 15 is 0 Å². The Hall–Kier alpha value is -4.30.